The summed E-state index contributed by atoms with van der Waals surface area (Å²) in [5.41, 5.74) is 2.52. The van der Waals surface area contributed by atoms with E-state index in [9.17, 15) is 4.39 Å². The molecule has 0 amide bonds. The van der Waals surface area contributed by atoms with Gasteiger partial charge in [-0.2, -0.15) is 11.3 Å². The molecule has 0 N–H and O–H groups in total. The molecule has 1 fully saturated rings. The van der Waals surface area contributed by atoms with Crippen molar-refractivity contribution < 1.29 is 4.39 Å². The van der Waals surface area contributed by atoms with Crippen molar-refractivity contribution >= 4 is 17.0 Å². The van der Waals surface area contributed by atoms with Gasteiger partial charge in [0, 0.05) is 38.4 Å². The second kappa shape index (κ2) is 5.72. The zero-order chi connectivity index (χ0) is 13.1. The number of piperazine rings is 1. The summed E-state index contributed by atoms with van der Waals surface area (Å²) in [6.45, 7) is 5.19. The summed E-state index contributed by atoms with van der Waals surface area (Å²) < 4.78 is 12.9. The summed E-state index contributed by atoms with van der Waals surface area (Å²) in [6.07, 6.45) is 0. The third-order valence-corrected chi connectivity index (χ3v) is 4.28. The lowest BCUT2D eigenvalue weighted by Crippen LogP contribution is -2.45. The van der Waals surface area contributed by atoms with Crippen LogP contribution >= 0.6 is 11.3 Å². The first-order chi connectivity index (χ1) is 9.31. The molecule has 0 radical (unpaired) electrons. The molecule has 3 rings (SSSR count). The van der Waals surface area contributed by atoms with Crippen LogP contribution in [-0.2, 0) is 6.54 Å². The Hall–Kier alpha value is -1.39. The molecule has 4 heteroatoms. The third-order valence-electron chi connectivity index (χ3n) is 3.55. The maximum atomic E-state index is 12.9. The molecule has 2 heterocycles. The van der Waals surface area contributed by atoms with Crippen LogP contribution in [0.4, 0.5) is 10.1 Å². The van der Waals surface area contributed by atoms with Crippen LogP contribution in [-0.4, -0.2) is 31.1 Å². The molecule has 1 saturated heterocycles. The van der Waals surface area contributed by atoms with E-state index in [1.165, 1.54) is 17.7 Å². The van der Waals surface area contributed by atoms with E-state index in [1.807, 2.05) is 12.1 Å². The Labute approximate surface area is 117 Å². The smallest absolute Gasteiger partial charge is 0.123 e. The molecule has 2 aromatic rings. The van der Waals surface area contributed by atoms with Crippen LogP contribution in [0.25, 0.3) is 0 Å². The summed E-state index contributed by atoms with van der Waals surface area (Å²) in [5.74, 6) is -0.167. The Morgan fingerprint density at radius 2 is 1.74 bits per heavy atom. The van der Waals surface area contributed by atoms with E-state index in [4.69, 9.17) is 0 Å². The summed E-state index contributed by atoms with van der Waals surface area (Å²) in [7, 11) is 0. The number of rotatable bonds is 3. The Morgan fingerprint density at radius 3 is 2.37 bits per heavy atom. The lowest BCUT2D eigenvalue weighted by Gasteiger charge is -2.36. The number of thiophene rings is 1. The minimum Gasteiger partial charge on any atom is -0.369 e. The van der Waals surface area contributed by atoms with Crippen molar-refractivity contribution in [1.29, 1.82) is 0 Å². The van der Waals surface area contributed by atoms with E-state index in [0.29, 0.717) is 0 Å². The second-order valence-corrected chi connectivity index (χ2v) is 5.65. The summed E-state index contributed by atoms with van der Waals surface area (Å²) in [6, 6.07) is 8.99. The van der Waals surface area contributed by atoms with Gasteiger partial charge >= 0.3 is 0 Å². The lowest BCUT2D eigenvalue weighted by atomic mass is 10.2. The van der Waals surface area contributed by atoms with Gasteiger partial charge in [0.1, 0.15) is 5.82 Å². The standard InChI is InChI=1S/C15H17FN2S/c16-14-1-3-15(4-2-14)18-8-6-17(7-9-18)11-13-5-10-19-12-13/h1-5,10,12H,6-9,11H2. The van der Waals surface area contributed by atoms with Crippen LogP contribution in [0.3, 0.4) is 0 Å². The second-order valence-electron chi connectivity index (χ2n) is 4.87. The van der Waals surface area contributed by atoms with E-state index in [-0.39, 0.29) is 5.82 Å². The summed E-state index contributed by atoms with van der Waals surface area (Å²) in [4.78, 5) is 4.80. The van der Waals surface area contributed by atoms with Crippen molar-refractivity contribution in [3.8, 4) is 0 Å². The van der Waals surface area contributed by atoms with E-state index >= 15 is 0 Å². The largest absolute Gasteiger partial charge is 0.369 e. The molecule has 0 bridgehead atoms. The number of nitrogens with zero attached hydrogens (tertiary/aromatic N) is 2. The Bertz CT molecular complexity index is 501. The fourth-order valence-corrected chi connectivity index (χ4v) is 3.12. The van der Waals surface area contributed by atoms with Gasteiger partial charge in [0.05, 0.1) is 0 Å². The van der Waals surface area contributed by atoms with Crippen molar-refractivity contribution in [2.75, 3.05) is 31.1 Å². The molecular weight excluding hydrogens is 259 g/mol. The van der Waals surface area contributed by atoms with Gasteiger partial charge in [-0.05, 0) is 46.7 Å². The first kappa shape index (κ1) is 12.6. The Morgan fingerprint density at radius 1 is 1.00 bits per heavy atom. The number of benzene rings is 1. The van der Waals surface area contributed by atoms with Crippen molar-refractivity contribution in [3.63, 3.8) is 0 Å². The molecule has 1 aliphatic rings. The van der Waals surface area contributed by atoms with Gasteiger partial charge < -0.3 is 4.90 Å². The molecule has 0 unspecified atom stereocenters. The molecule has 0 spiro atoms. The van der Waals surface area contributed by atoms with E-state index in [0.717, 1.165) is 38.4 Å². The molecule has 19 heavy (non-hydrogen) atoms. The average Bonchev–Trinajstić information content (AvgIpc) is 2.94. The first-order valence-electron chi connectivity index (χ1n) is 6.55. The highest BCUT2D eigenvalue weighted by atomic mass is 32.1. The molecule has 0 saturated carbocycles. The third kappa shape index (κ3) is 3.14. The molecule has 1 aliphatic heterocycles. The van der Waals surface area contributed by atoms with Gasteiger partial charge in [0.25, 0.3) is 0 Å². The van der Waals surface area contributed by atoms with E-state index in [2.05, 4.69) is 26.6 Å². The van der Waals surface area contributed by atoms with Crippen molar-refractivity contribution in [2.45, 2.75) is 6.54 Å². The van der Waals surface area contributed by atoms with Crippen LogP contribution in [0.5, 0.6) is 0 Å². The van der Waals surface area contributed by atoms with Crippen molar-refractivity contribution in [2.24, 2.45) is 0 Å². The van der Waals surface area contributed by atoms with E-state index in [1.54, 1.807) is 11.3 Å². The van der Waals surface area contributed by atoms with Crippen LogP contribution in [0.15, 0.2) is 41.1 Å². The Kier molecular flexibility index (Phi) is 3.80. The quantitative estimate of drug-likeness (QED) is 0.849. The molecular formula is C15H17FN2S. The summed E-state index contributed by atoms with van der Waals surface area (Å²) in [5, 5.41) is 4.34. The highest BCUT2D eigenvalue weighted by molar-refractivity contribution is 7.07. The normalized spacial score (nSPS) is 16.8. The molecule has 1 aromatic heterocycles. The fourth-order valence-electron chi connectivity index (χ4n) is 2.46. The van der Waals surface area contributed by atoms with E-state index < -0.39 is 0 Å². The average molecular weight is 276 g/mol. The Balaban J connectivity index is 1.56. The maximum absolute atomic E-state index is 12.9. The fraction of sp³-hybridized carbons (Fsp3) is 0.333. The lowest BCUT2D eigenvalue weighted by molar-refractivity contribution is 0.250. The van der Waals surface area contributed by atoms with Crippen LogP contribution in [0.1, 0.15) is 5.56 Å². The number of hydrogen-bond donors (Lipinski definition) is 0. The minimum absolute atomic E-state index is 0.167. The molecule has 1 aromatic carbocycles. The van der Waals surface area contributed by atoms with Gasteiger partial charge in [0.15, 0.2) is 0 Å². The predicted octanol–water partition coefficient (Wildman–Crippen LogP) is 3.21. The zero-order valence-electron chi connectivity index (χ0n) is 10.8. The van der Waals surface area contributed by atoms with Gasteiger partial charge in [-0.25, -0.2) is 4.39 Å². The number of anilines is 1. The van der Waals surface area contributed by atoms with Crippen LogP contribution in [0, 0.1) is 5.82 Å². The molecule has 100 valence electrons. The minimum atomic E-state index is -0.167. The van der Waals surface area contributed by atoms with Gasteiger partial charge in [0.2, 0.25) is 0 Å². The maximum Gasteiger partial charge on any atom is 0.123 e. The SMILES string of the molecule is Fc1ccc(N2CCN(Cc3ccsc3)CC2)cc1. The van der Waals surface area contributed by atoms with Gasteiger partial charge in [-0.15, -0.1) is 0 Å². The van der Waals surface area contributed by atoms with Crippen molar-refractivity contribution in [1.82, 2.24) is 4.90 Å². The monoisotopic (exact) mass is 276 g/mol. The molecule has 0 atom stereocenters. The topological polar surface area (TPSA) is 6.48 Å². The number of hydrogen-bond acceptors (Lipinski definition) is 3. The van der Waals surface area contributed by atoms with Gasteiger partial charge in [-0.1, -0.05) is 0 Å². The highest BCUT2D eigenvalue weighted by Gasteiger charge is 2.17. The predicted molar refractivity (Wildman–Crippen MR) is 78.2 cm³/mol. The van der Waals surface area contributed by atoms with Crippen molar-refractivity contribution in [3.05, 3.63) is 52.5 Å². The summed E-state index contributed by atoms with van der Waals surface area (Å²) >= 11 is 1.75. The number of halogens is 1. The first-order valence-corrected chi connectivity index (χ1v) is 7.49. The van der Waals surface area contributed by atoms with Crippen LogP contribution < -0.4 is 4.90 Å². The van der Waals surface area contributed by atoms with Gasteiger partial charge in [-0.3, -0.25) is 4.90 Å². The molecule has 2 nitrogen and oxygen atoms in total. The zero-order valence-corrected chi connectivity index (χ0v) is 11.6. The molecule has 0 aliphatic carbocycles. The van der Waals surface area contributed by atoms with Crippen LogP contribution in [0.2, 0.25) is 0 Å². The highest BCUT2D eigenvalue weighted by Crippen LogP contribution is 2.18.